The number of esters is 1. The molecule has 0 radical (unpaired) electrons. The average Bonchev–Trinajstić information content (AvgIpc) is 2.81. The van der Waals surface area contributed by atoms with Crippen LogP contribution in [0.1, 0.15) is 52.1 Å². The summed E-state index contributed by atoms with van der Waals surface area (Å²) in [6.45, 7) is 4.45. The zero-order chi connectivity index (χ0) is 26.3. The summed E-state index contributed by atoms with van der Waals surface area (Å²) in [4.78, 5) is 46.3. The number of ether oxygens (including phenoxy) is 1. The third-order valence-electron chi connectivity index (χ3n) is 5.07. The summed E-state index contributed by atoms with van der Waals surface area (Å²) < 4.78 is 36.9. The maximum atomic E-state index is 12.9. The SMILES string of the molecule is CC(C)[C@H](N)C(=O)OCCCNc1cccc2c1C(=O)c1ccccc1C2=O.O=C(O)C(F)(F)F. The van der Waals surface area contributed by atoms with Crippen molar-refractivity contribution in [2.75, 3.05) is 18.5 Å². The number of ketones is 2. The molecule has 2 aromatic rings. The molecule has 0 heterocycles. The molecule has 4 N–H and O–H groups in total. The second-order valence-corrected chi connectivity index (χ2v) is 7.95. The molecule has 0 saturated heterocycles. The van der Waals surface area contributed by atoms with Crippen LogP contribution in [0.15, 0.2) is 42.5 Å². The first-order chi connectivity index (χ1) is 16.4. The number of aliphatic carboxylic acids is 1. The van der Waals surface area contributed by atoms with Crippen molar-refractivity contribution in [1.82, 2.24) is 0 Å². The van der Waals surface area contributed by atoms with Crippen molar-refractivity contribution in [2.45, 2.75) is 32.5 Å². The molecule has 0 aliphatic heterocycles. The van der Waals surface area contributed by atoms with Gasteiger partial charge < -0.3 is 20.9 Å². The Balaban J connectivity index is 0.000000540. The number of benzene rings is 2. The van der Waals surface area contributed by atoms with Crippen LogP contribution in [-0.4, -0.2) is 54.0 Å². The van der Waals surface area contributed by atoms with E-state index >= 15 is 0 Å². The van der Waals surface area contributed by atoms with Gasteiger partial charge >= 0.3 is 18.1 Å². The van der Waals surface area contributed by atoms with Crippen LogP contribution in [-0.2, 0) is 14.3 Å². The largest absolute Gasteiger partial charge is 0.490 e. The number of rotatable bonds is 7. The van der Waals surface area contributed by atoms with E-state index in [9.17, 15) is 27.6 Å². The van der Waals surface area contributed by atoms with Gasteiger partial charge in [0.2, 0.25) is 0 Å². The Morgan fingerprint density at radius 2 is 1.54 bits per heavy atom. The second kappa shape index (κ2) is 11.6. The van der Waals surface area contributed by atoms with Crippen LogP contribution in [0.5, 0.6) is 0 Å². The molecule has 3 rings (SSSR count). The standard InChI is InChI=1S/C22H24N2O4.C2HF3O2/c1-13(2)19(23)22(27)28-12-6-11-24-17-10-5-9-16-18(17)21(26)15-8-4-3-7-14(15)20(16)25;3-2(4,5)1(6)7/h3-5,7-10,13,19,24H,6,11-12,23H2,1-2H3;(H,6,7)/t19-;/m0./s1. The van der Waals surface area contributed by atoms with Crippen molar-refractivity contribution in [3.8, 4) is 0 Å². The Morgan fingerprint density at radius 3 is 2.09 bits per heavy atom. The lowest BCUT2D eigenvalue weighted by Crippen LogP contribution is -2.37. The molecule has 0 spiro atoms. The zero-order valence-corrected chi connectivity index (χ0v) is 19.0. The molecule has 0 unspecified atom stereocenters. The first kappa shape index (κ1) is 27.5. The number of carbonyl (C=O) groups excluding carboxylic acids is 3. The van der Waals surface area contributed by atoms with Gasteiger partial charge in [-0.25, -0.2) is 4.79 Å². The lowest BCUT2D eigenvalue weighted by molar-refractivity contribution is -0.192. The van der Waals surface area contributed by atoms with Crippen LogP contribution < -0.4 is 11.1 Å². The lowest BCUT2D eigenvalue weighted by Gasteiger charge is -2.20. The topological polar surface area (TPSA) is 136 Å². The third kappa shape index (κ3) is 6.89. The molecule has 0 saturated carbocycles. The Kier molecular flexibility index (Phi) is 9.12. The van der Waals surface area contributed by atoms with Crippen LogP contribution in [0, 0.1) is 5.92 Å². The van der Waals surface area contributed by atoms with Crippen LogP contribution >= 0.6 is 0 Å². The van der Waals surface area contributed by atoms with Gasteiger partial charge in [0.05, 0.1) is 12.2 Å². The summed E-state index contributed by atoms with van der Waals surface area (Å²) in [5, 5.41) is 10.3. The number of alkyl halides is 3. The third-order valence-corrected chi connectivity index (χ3v) is 5.07. The minimum atomic E-state index is -5.08. The predicted octanol–water partition coefficient (Wildman–Crippen LogP) is 3.42. The molecule has 1 aliphatic rings. The summed E-state index contributed by atoms with van der Waals surface area (Å²) >= 11 is 0. The van der Waals surface area contributed by atoms with Gasteiger partial charge in [0, 0.05) is 28.9 Å². The van der Waals surface area contributed by atoms with E-state index in [1.54, 1.807) is 42.5 Å². The highest BCUT2D eigenvalue weighted by atomic mass is 19.4. The van der Waals surface area contributed by atoms with Crippen molar-refractivity contribution >= 4 is 29.2 Å². The smallest absolute Gasteiger partial charge is 0.475 e. The van der Waals surface area contributed by atoms with E-state index in [1.807, 2.05) is 13.8 Å². The Bertz CT molecular complexity index is 1110. The number of carboxylic acid groups (broad SMARTS) is 1. The van der Waals surface area contributed by atoms with E-state index in [0.29, 0.717) is 40.9 Å². The molecule has 188 valence electrons. The number of carbonyl (C=O) groups is 4. The van der Waals surface area contributed by atoms with Gasteiger partial charge in [-0.15, -0.1) is 0 Å². The average molecular weight is 494 g/mol. The summed E-state index contributed by atoms with van der Waals surface area (Å²) in [7, 11) is 0. The number of hydrogen-bond acceptors (Lipinski definition) is 7. The number of hydrogen-bond donors (Lipinski definition) is 3. The van der Waals surface area contributed by atoms with Gasteiger partial charge in [-0.2, -0.15) is 13.2 Å². The number of nitrogens with one attached hydrogen (secondary N) is 1. The molecule has 0 bridgehead atoms. The quantitative estimate of drug-likeness (QED) is 0.336. The molecule has 11 heteroatoms. The molecule has 8 nitrogen and oxygen atoms in total. The minimum absolute atomic E-state index is 0.0212. The molecular weight excluding hydrogens is 469 g/mol. The molecule has 1 aliphatic carbocycles. The fourth-order valence-corrected chi connectivity index (χ4v) is 3.13. The highest BCUT2D eigenvalue weighted by molar-refractivity contribution is 6.30. The van der Waals surface area contributed by atoms with Crippen LogP contribution in [0.2, 0.25) is 0 Å². The van der Waals surface area contributed by atoms with Crippen molar-refractivity contribution in [2.24, 2.45) is 11.7 Å². The van der Waals surface area contributed by atoms with Crippen molar-refractivity contribution < 1.29 is 42.2 Å². The molecule has 2 aromatic carbocycles. The minimum Gasteiger partial charge on any atom is -0.475 e. The molecule has 35 heavy (non-hydrogen) atoms. The summed E-state index contributed by atoms with van der Waals surface area (Å²) in [6, 6.07) is 11.4. The lowest BCUT2D eigenvalue weighted by atomic mass is 9.83. The van der Waals surface area contributed by atoms with Crippen LogP contribution in [0.25, 0.3) is 0 Å². The first-order valence-electron chi connectivity index (χ1n) is 10.6. The normalized spacial score (nSPS) is 13.2. The summed E-state index contributed by atoms with van der Waals surface area (Å²) in [5.74, 6) is -3.46. The van der Waals surface area contributed by atoms with E-state index in [4.69, 9.17) is 20.4 Å². The second-order valence-electron chi connectivity index (χ2n) is 7.95. The number of fused-ring (bicyclic) bond motifs is 2. The monoisotopic (exact) mass is 494 g/mol. The summed E-state index contributed by atoms with van der Waals surface area (Å²) in [5.41, 5.74) is 8.01. The maximum absolute atomic E-state index is 12.9. The highest BCUT2D eigenvalue weighted by Crippen LogP contribution is 2.31. The fourth-order valence-electron chi connectivity index (χ4n) is 3.13. The Labute approximate surface area is 199 Å². The number of halogens is 3. The first-order valence-corrected chi connectivity index (χ1v) is 10.6. The van der Waals surface area contributed by atoms with Gasteiger partial charge in [-0.3, -0.25) is 14.4 Å². The van der Waals surface area contributed by atoms with E-state index in [0.717, 1.165) is 0 Å². The molecule has 0 fully saturated rings. The fraction of sp³-hybridized carbons (Fsp3) is 0.333. The van der Waals surface area contributed by atoms with Crippen LogP contribution in [0.3, 0.4) is 0 Å². The number of nitrogens with two attached hydrogens (primary N) is 1. The van der Waals surface area contributed by atoms with Crippen molar-refractivity contribution in [3.63, 3.8) is 0 Å². The Morgan fingerprint density at radius 1 is 1.00 bits per heavy atom. The maximum Gasteiger partial charge on any atom is 0.490 e. The van der Waals surface area contributed by atoms with Crippen LogP contribution in [0.4, 0.5) is 18.9 Å². The summed E-state index contributed by atoms with van der Waals surface area (Å²) in [6.07, 6.45) is -4.53. The van der Waals surface area contributed by atoms with E-state index in [1.165, 1.54) is 0 Å². The van der Waals surface area contributed by atoms with E-state index in [2.05, 4.69) is 5.32 Å². The van der Waals surface area contributed by atoms with E-state index in [-0.39, 0.29) is 24.1 Å². The van der Waals surface area contributed by atoms with Gasteiger partial charge in [0.15, 0.2) is 11.6 Å². The predicted molar refractivity (Wildman–Crippen MR) is 120 cm³/mol. The molecule has 0 aromatic heterocycles. The highest BCUT2D eigenvalue weighted by Gasteiger charge is 2.38. The van der Waals surface area contributed by atoms with Gasteiger partial charge in [0.1, 0.15) is 6.04 Å². The number of carboxylic acids is 1. The zero-order valence-electron chi connectivity index (χ0n) is 19.0. The van der Waals surface area contributed by atoms with Gasteiger partial charge in [-0.05, 0) is 18.4 Å². The number of anilines is 1. The van der Waals surface area contributed by atoms with Gasteiger partial charge in [-0.1, -0.05) is 50.2 Å². The molecular formula is C24H25F3N2O6. The molecule has 0 amide bonds. The van der Waals surface area contributed by atoms with Crippen molar-refractivity contribution in [3.05, 3.63) is 64.7 Å². The van der Waals surface area contributed by atoms with Crippen molar-refractivity contribution in [1.29, 1.82) is 0 Å². The van der Waals surface area contributed by atoms with Gasteiger partial charge in [0.25, 0.3) is 0 Å². The Hall–Kier alpha value is -3.73. The molecule has 1 atom stereocenters. The van der Waals surface area contributed by atoms with E-state index < -0.39 is 24.2 Å².